The first kappa shape index (κ1) is 16.4. The zero-order chi connectivity index (χ0) is 17.8. The zero-order valence-corrected chi connectivity index (χ0v) is 13.7. The van der Waals surface area contributed by atoms with E-state index in [0.29, 0.717) is 16.9 Å². The number of anilines is 2. The summed E-state index contributed by atoms with van der Waals surface area (Å²) in [5.74, 6) is -0.401. The molecule has 2 amide bonds. The third kappa shape index (κ3) is 3.74. The Bertz CT molecular complexity index is 959. The maximum atomic E-state index is 12.3. The second kappa shape index (κ2) is 7.00. The Labute approximate surface area is 144 Å². The van der Waals surface area contributed by atoms with E-state index < -0.39 is 0 Å². The van der Waals surface area contributed by atoms with Gasteiger partial charge in [0.1, 0.15) is 6.54 Å². The van der Waals surface area contributed by atoms with Crippen LogP contribution in [0.4, 0.5) is 11.4 Å². The van der Waals surface area contributed by atoms with E-state index in [1.807, 2.05) is 24.3 Å². The lowest BCUT2D eigenvalue weighted by molar-refractivity contribution is -0.116. The molecule has 6 heteroatoms. The molecule has 1 heterocycles. The second-order valence-corrected chi connectivity index (χ2v) is 5.66. The normalized spacial score (nSPS) is 10.4. The molecule has 3 aromatic rings. The van der Waals surface area contributed by atoms with Crippen LogP contribution in [0, 0.1) is 0 Å². The monoisotopic (exact) mass is 335 g/mol. The molecule has 2 N–H and O–H groups in total. The molecule has 126 valence electrons. The Hall–Kier alpha value is -3.41. The highest BCUT2D eigenvalue weighted by molar-refractivity contribution is 5.99. The lowest BCUT2D eigenvalue weighted by atomic mass is 10.2. The van der Waals surface area contributed by atoms with Crippen LogP contribution in [0.2, 0.25) is 0 Å². The fraction of sp³-hybridized carbons (Fsp3) is 0.105. The molecule has 0 atom stereocenters. The average molecular weight is 335 g/mol. The molecule has 2 aromatic carbocycles. The SMILES string of the molecule is CC(=O)Nc1cccc(NC(=O)Cn2cc(C=O)c3ccccc32)c1. The molecular formula is C19H17N3O3. The molecule has 0 fully saturated rings. The quantitative estimate of drug-likeness (QED) is 0.703. The lowest BCUT2D eigenvalue weighted by Crippen LogP contribution is -2.18. The first-order valence-electron chi connectivity index (χ1n) is 7.77. The average Bonchev–Trinajstić information content (AvgIpc) is 2.92. The van der Waals surface area contributed by atoms with Gasteiger partial charge in [0, 0.05) is 41.0 Å². The number of carbonyl (C=O) groups excluding carboxylic acids is 3. The van der Waals surface area contributed by atoms with E-state index in [2.05, 4.69) is 10.6 Å². The van der Waals surface area contributed by atoms with Gasteiger partial charge in [0.25, 0.3) is 0 Å². The van der Waals surface area contributed by atoms with Crippen molar-refractivity contribution in [3.8, 4) is 0 Å². The number of hydrogen-bond acceptors (Lipinski definition) is 3. The highest BCUT2D eigenvalue weighted by Crippen LogP contribution is 2.20. The topological polar surface area (TPSA) is 80.2 Å². The number of rotatable bonds is 5. The van der Waals surface area contributed by atoms with Crippen LogP contribution in [0.5, 0.6) is 0 Å². The van der Waals surface area contributed by atoms with E-state index in [1.54, 1.807) is 35.0 Å². The van der Waals surface area contributed by atoms with E-state index in [-0.39, 0.29) is 18.4 Å². The van der Waals surface area contributed by atoms with E-state index in [0.717, 1.165) is 17.2 Å². The summed E-state index contributed by atoms with van der Waals surface area (Å²) in [4.78, 5) is 34.6. The number of fused-ring (bicyclic) bond motifs is 1. The fourth-order valence-corrected chi connectivity index (χ4v) is 2.73. The largest absolute Gasteiger partial charge is 0.337 e. The van der Waals surface area contributed by atoms with Gasteiger partial charge in [-0.3, -0.25) is 14.4 Å². The number of nitrogens with one attached hydrogen (secondary N) is 2. The van der Waals surface area contributed by atoms with Crippen LogP contribution in [0.1, 0.15) is 17.3 Å². The second-order valence-electron chi connectivity index (χ2n) is 5.66. The van der Waals surface area contributed by atoms with Crippen LogP contribution >= 0.6 is 0 Å². The Morgan fingerprint density at radius 1 is 1.04 bits per heavy atom. The van der Waals surface area contributed by atoms with Gasteiger partial charge in [0.05, 0.1) is 0 Å². The van der Waals surface area contributed by atoms with Crippen molar-refractivity contribution in [2.45, 2.75) is 13.5 Å². The van der Waals surface area contributed by atoms with Crippen LogP contribution < -0.4 is 10.6 Å². The number of benzene rings is 2. The fourth-order valence-electron chi connectivity index (χ4n) is 2.73. The molecule has 0 aliphatic rings. The summed E-state index contributed by atoms with van der Waals surface area (Å²) in [6.45, 7) is 1.51. The van der Waals surface area contributed by atoms with E-state index in [4.69, 9.17) is 0 Å². The Balaban J connectivity index is 1.77. The smallest absolute Gasteiger partial charge is 0.244 e. The van der Waals surface area contributed by atoms with Gasteiger partial charge >= 0.3 is 0 Å². The van der Waals surface area contributed by atoms with Crippen molar-refractivity contribution in [3.05, 3.63) is 60.3 Å². The zero-order valence-electron chi connectivity index (χ0n) is 13.7. The standard InChI is InChI=1S/C19H17N3O3/c1-13(24)20-15-5-4-6-16(9-15)21-19(25)11-22-10-14(12-23)17-7-2-3-8-18(17)22/h2-10,12H,11H2,1H3,(H,20,24)(H,21,25). The van der Waals surface area contributed by atoms with E-state index in [1.165, 1.54) is 6.92 Å². The van der Waals surface area contributed by atoms with Gasteiger partial charge in [0.2, 0.25) is 11.8 Å². The summed E-state index contributed by atoms with van der Waals surface area (Å²) in [6, 6.07) is 14.4. The van der Waals surface area contributed by atoms with Crippen LogP contribution in [-0.4, -0.2) is 22.7 Å². The number of carbonyl (C=O) groups is 3. The molecule has 3 rings (SSSR count). The number of para-hydroxylation sites is 1. The Kier molecular flexibility index (Phi) is 4.61. The third-order valence-corrected chi connectivity index (χ3v) is 3.73. The molecule has 1 aromatic heterocycles. The van der Waals surface area contributed by atoms with Crippen molar-refractivity contribution < 1.29 is 14.4 Å². The van der Waals surface area contributed by atoms with Crippen molar-refractivity contribution >= 4 is 40.4 Å². The van der Waals surface area contributed by atoms with Gasteiger partial charge < -0.3 is 15.2 Å². The minimum Gasteiger partial charge on any atom is -0.337 e. The minimum atomic E-state index is -0.224. The van der Waals surface area contributed by atoms with Crippen LogP contribution in [-0.2, 0) is 16.1 Å². The van der Waals surface area contributed by atoms with E-state index >= 15 is 0 Å². The van der Waals surface area contributed by atoms with Gasteiger partial charge in [-0.05, 0) is 24.3 Å². The van der Waals surface area contributed by atoms with Crippen LogP contribution in [0.25, 0.3) is 10.9 Å². The van der Waals surface area contributed by atoms with Gasteiger partial charge in [-0.15, -0.1) is 0 Å². The summed E-state index contributed by atoms with van der Waals surface area (Å²) in [6.07, 6.45) is 2.46. The summed E-state index contributed by atoms with van der Waals surface area (Å²) in [7, 11) is 0. The van der Waals surface area contributed by atoms with Crippen LogP contribution in [0.15, 0.2) is 54.7 Å². The first-order chi connectivity index (χ1) is 12.1. The summed E-state index contributed by atoms with van der Waals surface area (Å²) in [5.41, 5.74) is 2.58. The number of aromatic nitrogens is 1. The molecule has 0 radical (unpaired) electrons. The third-order valence-electron chi connectivity index (χ3n) is 3.73. The predicted molar refractivity (Wildman–Crippen MR) is 96.7 cm³/mol. The predicted octanol–water partition coefficient (Wildman–Crippen LogP) is 3.05. The van der Waals surface area contributed by atoms with Crippen LogP contribution in [0.3, 0.4) is 0 Å². The van der Waals surface area contributed by atoms with Crippen molar-refractivity contribution in [3.63, 3.8) is 0 Å². The Morgan fingerprint density at radius 3 is 2.48 bits per heavy atom. The molecule has 0 bridgehead atoms. The van der Waals surface area contributed by atoms with Gasteiger partial charge in [0.15, 0.2) is 6.29 Å². The number of aldehydes is 1. The Morgan fingerprint density at radius 2 is 1.76 bits per heavy atom. The van der Waals surface area contributed by atoms with Crippen molar-refractivity contribution in [2.75, 3.05) is 10.6 Å². The summed E-state index contributed by atoms with van der Waals surface area (Å²) < 4.78 is 1.74. The van der Waals surface area contributed by atoms with Gasteiger partial charge in [-0.2, -0.15) is 0 Å². The summed E-state index contributed by atoms with van der Waals surface area (Å²) >= 11 is 0. The van der Waals surface area contributed by atoms with Crippen molar-refractivity contribution in [1.82, 2.24) is 4.57 Å². The highest BCUT2D eigenvalue weighted by atomic mass is 16.2. The molecule has 0 aliphatic carbocycles. The molecule has 0 saturated carbocycles. The molecule has 0 unspecified atom stereocenters. The van der Waals surface area contributed by atoms with Gasteiger partial charge in [-0.1, -0.05) is 24.3 Å². The maximum Gasteiger partial charge on any atom is 0.244 e. The molecule has 0 aliphatic heterocycles. The number of hydrogen-bond donors (Lipinski definition) is 2. The molecular weight excluding hydrogens is 318 g/mol. The van der Waals surface area contributed by atoms with Crippen molar-refractivity contribution in [1.29, 1.82) is 0 Å². The lowest BCUT2D eigenvalue weighted by Gasteiger charge is -2.09. The maximum absolute atomic E-state index is 12.3. The highest BCUT2D eigenvalue weighted by Gasteiger charge is 2.11. The number of amides is 2. The number of nitrogens with zero attached hydrogens (tertiary/aromatic N) is 1. The summed E-state index contributed by atoms with van der Waals surface area (Å²) in [5, 5.41) is 6.28. The molecule has 25 heavy (non-hydrogen) atoms. The molecule has 0 saturated heterocycles. The van der Waals surface area contributed by atoms with Crippen molar-refractivity contribution in [2.24, 2.45) is 0 Å². The molecule has 6 nitrogen and oxygen atoms in total. The minimum absolute atomic E-state index is 0.0821. The van der Waals surface area contributed by atoms with E-state index in [9.17, 15) is 14.4 Å². The first-order valence-corrected chi connectivity index (χ1v) is 7.77. The molecule has 0 spiro atoms. The van der Waals surface area contributed by atoms with Gasteiger partial charge in [-0.25, -0.2) is 0 Å².